The van der Waals surface area contributed by atoms with E-state index in [0.29, 0.717) is 16.5 Å². The topological polar surface area (TPSA) is 29.5 Å². The molecule has 0 fully saturated rings. The first-order chi connectivity index (χ1) is 7.10. The summed E-state index contributed by atoms with van der Waals surface area (Å²) in [5.74, 6) is 1.33. The minimum absolute atomic E-state index is 0.534. The van der Waals surface area contributed by atoms with Crippen molar-refractivity contribution in [3.05, 3.63) is 28.3 Å². The zero-order chi connectivity index (χ0) is 11.4. The van der Waals surface area contributed by atoms with Gasteiger partial charge in [-0.25, -0.2) is 0 Å². The van der Waals surface area contributed by atoms with Crippen LogP contribution in [0.2, 0.25) is 5.02 Å². The molecule has 2 nitrogen and oxygen atoms in total. The lowest BCUT2D eigenvalue weighted by atomic mass is 10.1. The van der Waals surface area contributed by atoms with Gasteiger partial charge in [0.2, 0.25) is 0 Å². The Morgan fingerprint density at radius 3 is 2.73 bits per heavy atom. The van der Waals surface area contributed by atoms with Crippen LogP contribution in [0.4, 0.5) is 0 Å². The van der Waals surface area contributed by atoms with Gasteiger partial charge >= 0.3 is 0 Å². The number of benzene rings is 1. The van der Waals surface area contributed by atoms with E-state index in [0.717, 1.165) is 11.1 Å². The summed E-state index contributed by atoms with van der Waals surface area (Å²) >= 11 is 7.60. The highest BCUT2D eigenvalue weighted by Gasteiger charge is 2.14. The zero-order valence-corrected chi connectivity index (χ0v) is 10.7. The highest BCUT2D eigenvalue weighted by molar-refractivity contribution is 7.98. The van der Waals surface area contributed by atoms with E-state index in [2.05, 4.69) is 0 Å². The Bertz CT molecular complexity index is 342. The van der Waals surface area contributed by atoms with E-state index < -0.39 is 6.10 Å². The molecule has 0 saturated carbocycles. The zero-order valence-electron chi connectivity index (χ0n) is 9.08. The Balaban J connectivity index is 3.09. The van der Waals surface area contributed by atoms with E-state index in [1.807, 2.05) is 19.2 Å². The predicted octanol–water partition coefficient (Wildman–Crippen LogP) is 3.05. The van der Waals surface area contributed by atoms with Crippen molar-refractivity contribution in [3.63, 3.8) is 0 Å². The number of methoxy groups -OCH3 is 1. The van der Waals surface area contributed by atoms with Gasteiger partial charge in [-0.05, 0) is 30.9 Å². The molecule has 0 bridgehead atoms. The fourth-order valence-corrected chi connectivity index (χ4v) is 2.02. The van der Waals surface area contributed by atoms with Gasteiger partial charge in [-0.3, -0.25) is 0 Å². The Morgan fingerprint density at radius 1 is 1.53 bits per heavy atom. The molecule has 84 valence electrons. The Hall–Kier alpha value is -0.380. The highest BCUT2D eigenvalue weighted by Crippen LogP contribution is 2.32. The van der Waals surface area contributed by atoms with Crippen molar-refractivity contribution < 1.29 is 9.84 Å². The van der Waals surface area contributed by atoms with Crippen molar-refractivity contribution in [2.24, 2.45) is 0 Å². The average Bonchev–Trinajstić information content (AvgIpc) is 2.21. The largest absolute Gasteiger partial charge is 0.496 e. The van der Waals surface area contributed by atoms with Crippen LogP contribution in [0.3, 0.4) is 0 Å². The maximum absolute atomic E-state index is 9.89. The summed E-state index contributed by atoms with van der Waals surface area (Å²) in [5, 5.41) is 10.5. The first kappa shape index (κ1) is 12.7. The SMILES string of the molecule is COc1cc(C)c(Cl)cc1C(O)CSC. The summed E-state index contributed by atoms with van der Waals surface area (Å²) in [6, 6.07) is 3.62. The molecule has 4 heteroatoms. The van der Waals surface area contributed by atoms with Crippen LogP contribution < -0.4 is 4.74 Å². The number of rotatable bonds is 4. The van der Waals surface area contributed by atoms with Gasteiger partial charge < -0.3 is 9.84 Å². The monoisotopic (exact) mass is 246 g/mol. The van der Waals surface area contributed by atoms with Crippen molar-refractivity contribution >= 4 is 23.4 Å². The normalized spacial score (nSPS) is 12.6. The number of hydrogen-bond donors (Lipinski definition) is 1. The molecule has 0 heterocycles. The second-order valence-electron chi connectivity index (χ2n) is 3.31. The van der Waals surface area contributed by atoms with Crippen LogP contribution in [0.5, 0.6) is 5.75 Å². The quantitative estimate of drug-likeness (QED) is 0.886. The van der Waals surface area contributed by atoms with Crippen LogP contribution in [0.25, 0.3) is 0 Å². The third-order valence-corrected chi connectivity index (χ3v) is 3.25. The number of hydrogen-bond acceptors (Lipinski definition) is 3. The molecule has 1 atom stereocenters. The molecule has 1 aromatic carbocycles. The van der Waals surface area contributed by atoms with E-state index in [9.17, 15) is 5.11 Å². The van der Waals surface area contributed by atoms with E-state index in [1.165, 1.54) is 0 Å². The van der Waals surface area contributed by atoms with Gasteiger partial charge in [0.15, 0.2) is 0 Å². The fourth-order valence-electron chi connectivity index (χ4n) is 1.36. The van der Waals surface area contributed by atoms with E-state index in [1.54, 1.807) is 24.9 Å². The number of aliphatic hydroxyl groups excluding tert-OH is 1. The molecular formula is C11H15ClO2S. The minimum atomic E-state index is -0.534. The third-order valence-electron chi connectivity index (χ3n) is 2.19. The number of aliphatic hydroxyl groups is 1. The van der Waals surface area contributed by atoms with Crippen LogP contribution in [-0.2, 0) is 0 Å². The maximum atomic E-state index is 9.89. The number of thioether (sulfide) groups is 1. The minimum Gasteiger partial charge on any atom is -0.496 e. The second kappa shape index (κ2) is 5.64. The molecule has 0 aliphatic rings. The summed E-state index contributed by atoms with van der Waals surface area (Å²) in [5.41, 5.74) is 1.70. The van der Waals surface area contributed by atoms with E-state index in [4.69, 9.17) is 16.3 Å². The smallest absolute Gasteiger partial charge is 0.125 e. The van der Waals surface area contributed by atoms with Gasteiger partial charge in [-0.1, -0.05) is 11.6 Å². The molecule has 0 aromatic heterocycles. The summed E-state index contributed by atoms with van der Waals surface area (Å²) in [4.78, 5) is 0. The molecule has 0 amide bonds. The molecule has 0 spiro atoms. The lowest BCUT2D eigenvalue weighted by molar-refractivity contribution is 0.199. The summed E-state index contributed by atoms with van der Waals surface area (Å²) < 4.78 is 5.22. The van der Waals surface area contributed by atoms with Crippen molar-refractivity contribution in [2.45, 2.75) is 13.0 Å². The van der Waals surface area contributed by atoms with Gasteiger partial charge in [-0.15, -0.1) is 0 Å². The molecule has 0 saturated heterocycles. The Labute approximate surface area is 99.6 Å². The van der Waals surface area contributed by atoms with Crippen LogP contribution in [-0.4, -0.2) is 24.2 Å². The number of halogens is 1. The third kappa shape index (κ3) is 3.03. The fraction of sp³-hybridized carbons (Fsp3) is 0.455. The van der Waals surface area contributed by atoms with Gasteiger partial charge in [0, 0.05) is 16.3 Å². The number of aryl methyl sites for hydroxylation is 1. The Morgan fingerprint density at radius 2 is 2.20 bits per heavy atom. The molecule has 1 unspecified atom stereocenters. The molecule has 1 aromatic rings. The summed E-state index contributed by atoms with van der Waals surface area (Å²) in [6.45, 7) is 1.91. The first-order valence-electron chi connectivity index (χ1n) is 4.61. The van der Waals surface area contributed by atoms with Crippen LogP contribution in [0.1, 0.15) is 17.2 Å². The Kier molecular flexibility index (Phi) is 4.77. The van der Waals surface area contributed by atoms with E-state index in [-0.39, 0.29) is 0 Å². The highest BCUT2D eigenvalue weighted by atomic mass is 35.5. The van der Waals surface area contributed by atoms with Gasteiger partial charge in [0.1, 0.15) is 5.75 Å². The molecular weight excluding hydrogens is 232 g/mol. The standard InChI is InChI=1S/C11H15ClO2S/c1-7-4-11(14-2)8(5-9(7)12)10(13)6-15-3/h4-5,10,13H,6H2,1-3H3. The average molecular weight is 247 g/mol. The van der Waals surface area contributed by atoms with Crippen LogP contribution in [0, 0.1) is 6.92 Å². The molecule has 0 aliphatic heterocycles. The summed E-state index contributed by atoms with van der Waals surface area (Å²) in [7, 11) is 1.60. The molecule has 1 N–H and O–H groups in total. The van der Waals surface area contributed by atoms with Crippen molar-refractivity contribution in [3.8, 4) is 5.75 Å². The molecule has 0 radical (unpaired) electrons. The lowest BCUT2D eigenvalue weighted by Crippen LogP contribution is -2.03. The van der Waals surface area contributed by atoms with Crippen molar-refractivity contribution in [1.29, 1.82) is 0 Å². The van der Waals surface area contributed by atoms with Crippen LogP contribution >= 0.6 is 23.4 Å². The van der Waals surface area contributed by atoms with Gasteiger partial charge in [-0.2, -0.15) is 11.8 Å². The second-order valence-corrected chi connectivity index (χ2v) is 4.63. The number of ether oxygens (including phenoxy) is 1. The van der Waals surface area contributed by atoms with Gasteiger partial charge in [0.25, 0.3) is 0 Å². The molecule has 15 heavy (non-hydrogen) atoms. The maximum Gasteiger partial charge on any atom is 0.125 e. The predicted molar refractivity (Wildman–Crippen MR) is 66.1 cm³/mol. The van der Waals surface area contributed by atoms with Crippen LogP contribution in [0.15, 0.2) is 12.1 Å². The lowest BCUT2D eigenvalue weighted by Gasteiger charge is -2.15. The van der Waals surface area contributed by atoms with E-state index >= 15 is 0 Å². The molecule has 0 aliphatic carbocycles. The van der Waals surface area contributed by atoms with Crippen molar-refractivity contribution in [1.82, 2.24) is 0 Å². The first-order valence-corrected chi connectivity index (χ1v) is 6.38. The van der Waals surface area contributed by atoms with Crippen molar-refractivity contribution in [2.75, 3.05) is 19.1 Å². The van der Waals surface area contributed by atoms with Gasteiger partial charge in [0.05, 0.1) is 13.2 Å². The summed E-state index contributed by atoms with van der Waals surface area (Å²) in [6.07, 6.45) is 1.42. The molecule has 1 rings (SSSR count).